The van der Waals surface area contributed by atoms with Gasteiger partial charge in [-0.15, -0.1) is 0 Å². The number of hydrogen-bond donors (Lipinski definition) is 2. The van der Waals surface area contributed by atoms with E-state index in [1.807, 2.05) is 6.92 Å². The molecule has 3 aromatic carbocycles. The largest absolute Gasteiger partial charge is 0.484 e. The summed E-state index contributed by atoms with van der Waals surface area (Å²) in [7, 11) is -4.07. The molecule has 0 heterocycles. The third-order valence-electron chi connectivity index (χ3n) is 6.95. The summed E-state index contributed by atoms with van der Waals surface area (Å²) in [6, 6.07) is 18.3. The van der Waals surface area contributed by atoms with Gasteiger partial charge in [0.15, 0.2) is 6.61 Å². The molecule has 2 N–H and O–H groups in total. The van der Waals surface area contributed by atoms with Crippen molar-refractivity contribution in [3.8, 4) is 5.75 Å². The van der Waals surface area contributed by atoms with E-state index in [9.17, 15) is 18.0 Å². The van der Waals surface area contributed by atoms with E-state index >= 15 is 0 Å². The van der Waals surface area contributed by atoms with Gasteiger partial charge in [0.05, 0.1) is 16.8 Å². The maximum atomic E-state index is 13.6. The third kappa shape index (κ3) is 8.56. The van der Waals surface area contributed by atoms with Crippen LogP contribution in [0.15, 0.2) is 76.7 Å². The van der Waals surface area contributed by atoms with Gasteiger partial charge < -0.3 is 10.1 Å². The number of hydrogen-bond acceptors (Lipinski definition) is 6. The van der Waals surface area contributed by atoms with Gasteiger partial charge in [0.1, 0.15) is 12.3 Å². The SMILES string of the molecule is Cc1ccc(S(=O)(=O)N(CC(=O)N/N=C\c2ccc(OCC(=O)NC3CCCCC3)cc2)c2ccc(Cl)cc2C)cc1. The monoisotopic (exact) mass is 610 g/mol. The quantitative estimate of drug-likeness (QED) is 0.231. The summed E-state index contributed by atoms with van der Waals surface area (Å²) in [5.74, 6) is -0.229. The van der Waals surface area contributed by atoms with E-state index in [0.717, 1.165) is 35.6 Å². The molecule has 0 bridgehead atoms. The Morgan fingerprint density at radius 2 is 1.67 bits per heavy atom. The molecule has 11 heteroatoms. The molecule has 1 saturated carbocycles. The number of aryl methyl sites for hydroxylation is 2. The van der Waals surface area contributed by atoms with Crippen LogP contribution in [0.2, 0.25) is 5.02 Å². The average Bonchev–Trinajstić information content (AvgIpc) is 2.96. The minimum absolute atomic E-state index is 0.0604. The van der Waals surface area contributed by atoms with Gasteiger partial charge in [-0.25, -0.2) is 13.8 Å². The van der Waals surface area contributed by atoms with E-state index in [1.54, 1.807) is 61.5 Å². The van der Waals surface area contributed by atoms with Gasteiger partial charge in [0.25, 0.3) is 21.8 Å². The number of benzene rings is 3. The van der Waals surface area contributed by atoms with Gasteiger partial charge in [-0.3, -0.25) is 13.9 Å². The number of carbonyl (C=O) groups is 2. The van der Waals surface area contributed by atoms with Crippen molar-refractivity contribution in [1.29, 1.82) is 0 Å². The number of nitrogens with zero attached hydrogens (tertiary/aromatic N) is 2. The molecule has 1 aliphatic carbocycles. The topological polar surface area (TPSA) is 117 Å². The molecule has 4 rings (SSSR count). The Labute approximate surface area is 252 Å². The maximum absolute atomic E-state index is 13.6. The van der Waals surface area contributed by atoms with Crippen LogP contribution in [0.5, 0.6) is 5.75 Å². The molecule has 0 aliphatic heterocycles. The Morgan fingerprint density at radius 3 is 2.33 bits per heavy atom. The van der Waals surface area contributed by atoms with Crippen LogP contribution in [0.4, 0.5) is 5.69 Å². The Kier molecular flexibility index (Phi) is 10.6. The van der Waals surface area contributed by atoms with Crippen molar-refractivity contribution < 1.29 is 22.7 Å². The number of nitrogens with one attached hydrogen (secondary N) is 2. The third-order valence-corrected chi connectivity index (χ3v) is 8.96. The average molecular weight is 611 g/mol. The predicted molar refractivity (Wildman–Crippen MR) is 165 cm³/mol. The molecule has 222 valence electrons. The first-order valence-corrected chi connectivity index (χ1v) is 15.6. The van der Waals surface area contributed by atoms with Gasteiger partial charge in [-0.1, -0.05) is 48.6 Å². The molecule has 0 radical (unpaired) electrons. The molecule has 0 aromatic heterocycles. The fraction of sp³-hybridized carbons (Fsp3) is 0.323. The van der Waals surface area contributed by atoms with Crippen molar-refractivity contribution in [3.05, 3.63) is 88.4 Å². The fourth-order valence-electron chi connectivity index (χ4n) is 4.70. The Morgan fingerprint density at radius 1 is 0.976 bits per heavy atom. The van der Waals surface area contributed by atoms with E-state index in [4.69, 9.17) is 16.3 Å². The molecule has 0 atom stereocenters. The van der Waals surface area contributed by atoms with Crippen molar-refractivity contribution in [2.45, 2.75) is 56.9 Å². The standard InChI is InChI=1S/C31H35ClN4O5S/c1-22-8-15-28(16-9-22)42(39,40)36(29-17-12-25(32)18-23(29)2)20-30(37)35-33-19-24-10-13-27(14-11-24)41-21-31(38)34-26-6-4-3-5-7-26/h8-19,26H,3-7,20-21H2,1-2H3,(H,34,38)(H,35,37)/b33-19-. The molecule has 42 heavy (non-hydrogen) atoms. The zero-order chi connectivity index (χ0) is 30.1. The normalized spacial score (nSPS) is 14.0. The highest BCUT2D eigenvalue weighted by Gasteiger charge is 2.28. The van der Waals surface area contributed by atoms with Gasteiger partial charge in [-0.2, -0.15) is 5.10 Å². The number of rotatable bonds is 11. The van der Waals surface area contributed by atoms with Crippen molar-refractivity contribution in [2.24, 2.45) is 5.10 Å². The van der Waals surface area contributed by atoms with Crippen molar-refractivity contribution in [2.75, 3.05) is 17.5 Å². The minimum atomic E-state index is -4.07. The smallest absolute Gasteiger partial charge is 0.264 e. The van der Waals surface area contributed by atoms with Crippen molar-refractivity contribution in [3.63, 3.8) is 0 Å². The van der Waals surface area contributed by atoms with Crippen molar-refractivity contribution >= 4 is 45.3 Å². The summed E-state index contributed by atoms with van der Waals surface area (Å²) in [5.41, 5.74) is 4.92. The lowest BCUT2D eigenvalue weighted by Gasteiger charge is -2.25. The minimum Gasteiger partial charge on any atom is -0.484 e. The Bertz CT molecular complexity index is 1520. The summed E-state index contributed by atoms with van der Waals surface area (Å²) < 4.78 is 33.8. The van der Waals surface area contributed by atoms with E-state index < -0.39 is 22.5 Å². The lowest BCUT2D eigenvalue weighted by atomic mass is 9.95. The number of amides is 2. The highest BCUT2D eigenvalue weighted by atomic mass is 35.5. The second kappa shape index (κ2) is 14.3. The molecule has 0 saturated heterocycles. The first-order chi connectivity index (χ1) is 20.1. The number of carbonyl (C=O) groups excluding carboxylic acids is 2. The van der Waals surface area contributed by atoms with E-state index in [0.29, 0.717) is 27.6 Å². The zero-order valence-corrected chi connectivity index (χ0v) is 25.2. The van der Waals surface area contributed by atoms with Gasteiger partial charge in [0.2, 0.25) is 0 Å². The summed E-state index contributed by atoms with van der Waals surface area (Å²) in [6.45, 7) is 3.03. The Balaban J connectivity index is 1.36. The summed E-state index contributed by atoms with van der Waals surface area (Å²) in [6.07, 6.45) is 6.96. The summed E-state index contributed by atoms with van der Waals surface area (Å²) in [5, 5.41) is 7.46. The molecule has 9 nitrogen and oxygen atoms in total. The highest BCUT2D eigenvalue weighted by molar-refractivity contribution is 7.92. The maximum Gasteiger partial charge on any atom is 0.264 e. The van der Waals surface area contributed by atoms with Crippen molar-refractivity contribution in [1.82, 2.24) is 10.7 Å². The molecular weight excluding hydrogens is 576 g/mol. The second-order valence-electron chi connectivity index (χ2n) is 10.3. The highest BCUT2D eigenvalue weighted by Crippen LogP contribution is 2.29. The molecule has 2 amide bonds. The van der Waals surface area contributed by atoms with Crippen LogP contribution in [0.25, 0.3) is 0 Å². The second-order valence-corrected chi connectivity index (χ2v) is 12.6. The van der Waals surface area contributed by atoms with Crippen LogP contribution in [-0.2, 0) is 19.6 Å². The Hall–Kier alpha value is -3.89. The fourth-order valence-corrected chi connectivity index (χ4v) is 6.41. The predicted octanol–water partition coefficient (Wildman–Crippen LogP) is 5.13. The van der Waals surface area contributed by atoms with Crippen LogP contribution < -0.4 is 19.8 Å². The van der Waals surface area contributed by atoms with Crippen LogP contribution in [0, 0.1) is 13.8 Å². The molecule has 0 spiro atoms. The van der Waals surface area contributed by atoms with Crippen LogP contribution in [0.1, 0.15) is 48.8 Å². The summed E-state index contributed by atoms with van der Waals surface area (Å²) >= 11 is 6.09. The number of sulfonamides is 1. The number of ether oxygens (including phenoxy) is 1. The number of hydrazone groups is 1. The lowest BCUT2D eigenvalue weighted by Crippen LogP contribution is -2.40. The van der Waals surface area contributed by atoms with Gasteiger partial charge >= 0.3 is 0 Å². The van der Waals surface area contributed by atoms with Gasteiger partial charge in [-0.05, 0) is 92.4 Å². The summed E-state index contributed by atoms with van der Waals surface area (Å²) in [4.78, 5) is 25.1. The molecule has 3 aromatic rings. The van der Waals surface area contributed by atoms with Crippen LogP contribution >= 0.6 is 11.6 Å². The van der Waals surface area contributed by atoms with Crippen LogP contribution in [-0.4, -0.2) is 45.6 Å². The van der Waals surface area contributed by atoms with E-state index in [-0.39, 0.29) is 23.5 Å². The number of anilines is 1. The van der Waals surface area contributed by atoms with E-state index in [1.165, 1.54) is 24.8 Å². The molecule has 0 unspecified atom stereocenters. The first kappa shape index (κ1) is 31.1. The molecular formula is C31H35ClN4O5S. The molecule has 1 aliphatic rings. The van der Waals surface area contributed by atoms with Gasteiger partial charge in [0, 0.05) is 11.1 Å². The number of halogens is 1. The lowest BCUT2D eigenvalue weighted by molar-refractivity contribution is -0.124. The van der Waals surface area contributed by atoms with Crippen LogP contribution in [0.3, 0.4) is 0 Å². The molecule has 1 fully saturated rings. The van der Waals surface area contributed by atoms with E-state index in [2.05, 4.69) is 15.8 Å². The first-order valence-electron chi connectivity index (χ1n) is 13.8. The zero-order valence-electron chi connectivity index (χ0n) is 23.7.